The summed E-state index contributed by atoms with van der Waals surface area (Å²) in [6.07, 6.45) is 3.40. The van der Waals surface area contributed by atoms with Gasteiger partial charge in [0.25, 0.3) is 0 Å². The minimum absolute atomic E-state index is 0.590. The van der Waals surface area contributed by atoms with E-state index in [1.165, 1.54) is 50.7 Å². The van der Waals surface area contributed by atoms with Gasteiger partial charge < -0.3 is 5.32 Å². The Morgan fingerprint density at radius 3 is 2.05 bits per heavy atom. The summed E-state index contributed by atoms with van der Waals surface area (Å²) < 4.78 is 37.3. The second-order valence-corrected chi connectivity index (χ2v) is 5.31. The molecule has 1 nitrogen and oxygen atoms in total. The van der Waals surface area contributed by atoms with E-state index >= 15 is 0 Å². The normalized spacial score (nSPS) is 18.1. The van der Waals surface area contributed by atoms with Gasteiger partial charge in [-0.1, -0.05) is 25.7 Å². The molecule has 1 aliphatic rings. The summed E-state index contributed by atoms with van der Waals surface area (Å²) in [6.45, 7) is 0.866. The largest absolute Gasteiger partial charge is 0.416 e. The first kappa shape index (κ1) is 14.2. The van der Waals surface area contributed by atoms with Crippen molar-refractivity contribution >= 4 is 5.69 Å². The van der Waals surface area contributed by atoms with Gasteiger partial charge >= 0.3 is 6.18 Å². The van der Waals surface area contributed by atoms with Gasteiger partial charge in [0, 0.05) is 12.2 Å². The second-order valence-electron chi connectivity index (χ2n) is 5.31. The monoisotopic (exact) mass is 271 g/mol. The quantitative estimate of drug-likeness (QED) is 0.755. The van der Waals surface area contributed by atoms with E-state index < -0.39 is 11.7 Å². The molecule has 1 aliphatic carbocycles. The lowest BCUT2D eigenvalue weighted by Gasteiger charge is -2.16. The minimum atomic E-state index is -4.25. The van der Waals surface area contributed by atoms with Crippen molar-refractivity contribution in [3.05, 3.63) is 29.8 Å². The summed E-state index contributed by atoms with van der Waals surface area (Å²) >= 11 is 0. The van der Waals surface area contributed by atoms with E-state index in [1.54, 1.807) is 0 Å². The Morgan fingerprint density at radius 2 is 1.53 bits per heavy atom. The second kappa shape index (κ2) is 6.31. The van der Waals surface area contributed by atoms with E-state index in [2.05, 4.69) is 5.32 Å². The van der Waals surface area contributed by atoms with E-state index in [1.807, 2.05) is 0 Å². The molecule has 2 rings (SSSR count). The van der Waals surface area contributed by atoms with Crippen molar-refractivity contribution in [1.29, 1.82) is 0 Å². The van der Waals surface area contributed by atoms with Crippen LogP contribution < -0.4 is 5.32 Å². The Labute approximate surface area is 112 Å². The van der Waals surface area contributed by atoms with Crippen LogP contribution in [0.3, 0.4) is 0 Å². The molecule has 1 aromatic carbocycles. The third-order valence-corrected chi connectivity index (χ3v) is 3.78. The third-order valence-electron chi connectivity index (χ3n) is 3.78. The fourth-order valence-electron chi connectivity index (χ4n) is 2.61. The lowest BCUT2D eigenvalue weighted by molar-refractivity contribution is -0.137. The number of hydrogen-bond acceptors (Lipinski definition) is 1. The molecule has 1 fully saturated rings. The maximum Gasteiger partial charge on any atom is 0.416 e. The number of nitrogens with one attached hydrogen (secondary N) is 1. The Morgan fingerprint density at radius 1 is 0.947 bits per heavy atom. The summed E-state index contributed by atoms with van der Waals surface area (Å²) in [5.41, 5.74) is 0.185. The van der Waals surface area contributed by atoms with Crippen molar-refractivity contribution in [2.24, 2.45) is 5.92 Å². The van der Waals surface area contributed by atoms with Crippen molar-refractivity contribution in [3.8, 4) is 0 Å². The molecule has 0 saturated heterocycles. The van der Waals surface area contributed by atoms with Crippen LogP contribution in [0, 0.1) is 5.92 Å². The van der Waals surface area contributed by atoms with Gasteiger partial charge in [0.05, 0.1) is 5.56 Å². The molecule has 0 spiro atoms. The lowest BCUT2D eigenvalue weighted by atomic mass is 10.0. The van der Waals surface area contributed by atoms with Gasteiger partial charge in [-0.3, -0.25) is 0 Å². The number of halogens is 3. The van der Waals surface area contributed by atoms with Gasteiger partial charge in [-0.15, -0.1) is 0 Å². The molecule has 0 bridgehead atoms. The van der Waals surface area contributed by atoms with Crippen molar-refractivity contribution in [1.82, 2.24) is 0 Å². The van der Waals surface area contributed by atoms with Crippen LogP contribution in [0.5, 0.6) is 0 Å². The van der Waals surface area contributed by atoms with Crippen LogP contribution >= 0.6 is 0 Å². The van der Waals surface area contributed by atoms with Gasteiger partial charge in [-0.25, -0.2) is 0 Å². The highest BCUT2D eigenvalue weighted by Gasteiger charge is 2.29. The molecule has 106 valence electrons. The van der Waals surface area contributed by atoms with E-state index in [9.17, 15) is 13.2 Å². The molecular weight excluding hydrogens is 251 g/mol. The van der Waals surface area contributed by atoms with Gasteiger partial charge in [0.2, 0.25) is 0 Å². The molecule has 0 amide bonds. The van der Waals surface area contributed by atoms with E-state index in [0.717, 1.165) is 24.4 Å². The molecule has 1 aromatic rings. The first-order chi connectivity index (χ1) is 9.05. The van der Waals surface area contributed by atoms with Crippen LogP contribution in [0.2, 0.25) is 0 Å². The molecule has 0 aromatic heterocycles. The zero-order chi connectivity index (χ0) is 13.7. The van der Waals surface area contributed by atoms with Crippen molar-refractivity contribution in [2.45, 2.75) is 44.7 Å². The Hall–Kier alpha value is -1.19. The van der Waals surface area contributed by atoms with Gasteiger partial charge in [-0.2, -0.15) is 13.2 Å². The van der Waals surface area contributed by atoms with Crippen molar-refractivity contribution in [3.63, 3.8) is 0 Å². The zero-order valence-electron chi connectivity index (χ0n) is 11.0. The number of anilines is 1. The zero-order valence-corrected chi connectivity index (χ0v) is 11.0. The molecule has 0 heterocycles. The molecule has 1 saturated carbocycles. The maximum atomic E-state index is 12.4. The summed E-state index contributed by atoms with van der Waals surface area (Å²) in [5.74, 6) is 0.657. The van der Waals surface area contributed by atoms with Crippen LogP contribution in [0.4, 0.5) is 18.9 Å². The van der Waals surface area contributed by atoms with Crippen molar-refractivity contribution in [2.75, 3.05) is 11.9 Å². The average molecular weight is 271 g/mol. The number of hydrogen-bond donors (Lipinski definition) is 1. The fraction of sp³-hybridized carbons (Fsp3) is 0.600. The summed E-state index contributed by atoms with van der Waals surface area (Å²) in [5, 5.41) is 3.25. The maximum absolute atomic E-state index is 12.4. The predicted octanol–water partition coefficient (Wildman–Crippen LogP) is 5.09. The SMILES string of the molecule is FC(F)(F)c1ccc(NCC2CCCCCC2)cc1. The summed E-state index contributed by atoms with van der Waals surface area (Å²) in [7, 11) is 0. The number of benzene rings is 1. The van der Waals surface area contributed by atoms with Gasteiger partial charge in [0.15, 0.2) is 0 Å². The molecule has 0 unspecified atom stereocenters. The molecule has 0 radical (unpaired) electrons. The average Bonchev–Trinajstić information content (AvgIpc) is 2.64. The fourth-order valence-corrected chi connectivity index (χ4v) is 2.61. The Balaban J connectivity index is 1.85. The first-order valence-electron chi connectivity index (χ1n) is 6.97. The lowest BCUT2D eigenvalue weighted by Crippen LogP contribution is -2.13. The van der Waals surface area contributed by atoms with Gasteiger partial charge in [-0.05, 0) is 43.0 Å². The Kier molecular flexibility index (Phi) is 4.72. The van der Waals surface area contributed by atoms with E-state index in [-0.39, 0.29) is 0 Å². The van der Waals surface area contributed by atoms with Crippen LogP contribution in [-0.4, -0.2) is 6.54 Å². The summed E-state index contributed by atoms with van der Waals surface area (Å²) in [6, 6.07) is 5.30. The molecule has 0 aliphatic heterocycles. The minimum Gasteiger partial charge on any atom is -0.385 e. The first-order valence-corrected chi connectivity index (χ1v) is 6.97. The van der Waals surface area contributed by atoms with Crippen LogP contribution in [0.15, 0.2) is 24.3 Å². The smallest absolute Gasteiger partial charge is 0.385 e. The molecule has 4 heteroatoms. The molecular formula is C15H20F3N. The highest BCUT2D eigenvalue weighted by molar-refractivity contribution is 5.45. The standard InChI is InChI=1S/C15H20F3N/c16-15(17,18)13-7-9-14(10-8-13)19-11-12-5-3-1-2-4-6-12/h7-10,12,19H,1-6,11H2. The number of alkyl halides is 3. The van der Waals surface area contributed by atoms with Crippen LogP contribution in [0.1, 0.15) is 44.1 Å². The molecule has 0 atom stereocenters. The predicted molar refractivity (Wildman–Crippen MR) is 71.1 cm³/mol. The Bertz CT molecular complexity index is 375. The van der Waals surface area contributed by atoms with E-state index in [4.69, 9.17) is 0 Å². The summed E-state index contributed by atoms with van der Waals surface area (Å²) in [4.78, 5) is 0. The topological polar surface area (TPSA) is 12.0 Å². The molecule has 19 heavy (non-hydrogen) atoms. The number of rotatable bonds is 3. The highest BCUT2D eigenvalue weighted by atomic mass is 19.4. The van der Waals surface area contributed by atoms with Gasteiger partial charge in [0.1, 0.15) is 0 Å². The van der Waals surface area contributed by atoms with Crippen molar-refractivity contribution < 1.29 is 13.2 Å². The third kappa shape index (κ3) is 4.44. The van der Waals surface area contributed by atoms with Crippen LogP contribution in [0.25, 0.3) is 0 Å². The molecule has 1 N–H and O–H groups in total. The van der Waals surface area contributed by atoms with Crippen LogP contribution in [-0.2, 0) is 6.18 Å². The van der Waals surface area contributed by atoms with E-state index in [0.29, 0.717) is 5.92 Å². The highest BCUT2D eigenvalue weighted by Crippen LogP contribution is 2.30.